The fourth-order valence-corrected chi connectivity index (χ4v) is 4.00. The minimum Gasteiger partial charge on any atom is -0.303 e. The molecule has 0 amide bonds. The lowest BCUT2D eigenvalue weighted by atomic mass is 10.2. The molecule has 0 aliphatic carbocycles. The highest BCUT2D eigenvalue weighted by Gasteiger charge is 2.12. The van der Waals surface area contributed by atoms with Crippen LogP contribution in [0.5, 0.6) is 0 Å². The molecule has 0 aromatic heterocycles. The molecular weight excluding hydrogens is 264 g/mol. The van der Waals surface area contributed by atoms with Crippen molar-refractivity contribution in [2.45, 2.75) is 76.9 Å². The summed E-state index contributed by atoms with van der Waals surface area (Å²) in [5, 5.41) is 0.579. The van der Waals surface area contributed by atoms with Crippen LogP contribution in [0.25, 0.3) is 0 Å². The maximum absolute atomic E-state index is 11.6. The molecular formula is C14H26O2S2. The molecule has 0 saturated carbocycles. The van der Waals surface area contributed by atoms with Crippen LogP contribution in [0.3, 0.4) is 0 Å². The van der Waals surface area contributed by atoms with Gasteiger partial charge in [0.25, 0.3) is 0 Å². The summed E-state index contributed by atoms with van der Waals surface area (Å²) in [6.45, 7) is 4.32. The Morgan fingerprint density at radius 2 is 1.83 bits per heavy atom. The van der Waals surface area contributed by atoms with Crippen LogP contribution in [0, 0.1) is 0 Å². The van der Waals surface area contributed by atoms with E-state index in [1.54, 1.807) is 10.8 Å². The number of unbranched alkanes of at least 4 members (excludes halogenated alkanes) is 4. The molecule has 4 heteroatoms. The molecule has 0 aromatic carbocycles. The van der Waals surface area contributed by atoms with Crippen LogP contribution in [0.15, 0.2) is 0 Å². The highest BCUT2D eigenvalue weighted by molar-refractivity contribution is 8.82. The molecule has 0 heterocycles. The average molecular weight is 290 g/mol. The molecule has 0 spiro atoms. The Kier molecular flexibility index (Phi) is 13.5. The van der Waals surface area contributed by atoms with E-state index in [-0.39, 0.29) is 5.12 Å². The molecule has 0 rings (SSSR count). The lowest BCUT2D eigenvalue weighted by Gasteiger charge is -2.11. The smallest absolute Gasteiger partial charge is 0.199 e. The van der Waals surface area contributed by atoms with E-state index in [0.717, 1.165) is 38.4 Å². The fraction of sp³-hybridized carbons (Fsp3) is 0.857. The molecule has 0 aliphatic rings. The summed E-state index contributed by atoms with van der Waals surface area (Å²) >= 11 is 0. The van der Waals surface area contributed by atoms with Crippen LogP contribution in [-0.4, -0.2) is 16.7 Å². The summed E-state index contributed by atoms with van der Waals surface area (Å²) in [7, 11) is 2.95. The van der Waals surface area contributed by atoms with Crippen molar-refractivity contribution in [1.29, 1.82) is 0 Å². The van der Waals surface area contributed by atoms with E-state index in [1.165, 1.54) is 23.6 Å². The Hall–Kier alpha value is 0.0400. The number of aldehydes is 1. The zero-order chi connectivity index (χ0) is 13.6. The Morgan fingerprint density at radius 1 is 1.11 bits per heavy atom. The molecule has 0 radical (unpaired) electrons. The molecule has 0 N–H and O–H groups in total. The molecule has 0 aromatic rings. The second-order valence-corrected chi connectivity index (χ2v) is 7.09. The van der Waals surface area contributed by atoms with Crippen molar-refractivity contribution in [2.24, 2.45) is 0 Å². The van der Waals surface area contributed by atoms with Gasteiger partial charge in [-0.2, -0.15) is 0 Å². The molecule has 0 saturated heterocycles. The Labute approximate surface area is 119 Å². The summed E-state index contributed by atoms with van der Waals surface area (Å²) in [4.78, 5) is 22.2. The van der Waals surface area contributed by atoms with Crippen LogP contribution >= 0.6 is 21.6 Å². The maximum atomic E-state index is 11.6. The third-order valence-electron chi connectivity index (χ3n) is 2.75. The monoisotopic (exact) mass is 290 g/mol. The van der Waals surface area contributed by atoms with E-state index >= 15 is 0 Å². The third kappa shape index (κ3) is 11.1. The summed E-state index contributed by atoms with van der Waals surface area (Å²) in [5.41, 5.74) is 0. The van der Waals surface area contributed by atoms with Crippen molar-refractivity contribution in [3.63, 3.8) is 0 Å². The molecule has 1 unspecified atom stereocenters. The van der Waals surface area contributed by atoms with Gasteiger partial charge in [0, 0.05) is 18.1 Å². The Balaban J connectivity index is 3.67. The van der Waals surface area contributed by atoms with Gasteiger partial charge in [0.2, 0.25) is 0 Å². The second-order valence-electron chi connectivity index (χ2n) is 4.53. The van der Waals surface area contributed by atoms with Gasteiger partial charge >= 0.3 is 0 Å². The first-order valence-electron chi connectivity index (χ1n) is 7.04. The van der Waals surface area contributed by atoms with E-state index in [9.17, 15) is 9.59 Å². The SMILES string of the molecule is CCCCCCC(=O)SSC(CC=O)CCCC. The van der Waals surface area contributed by atoms with Crippen LogP contribution in [0.2, 0.25) is 0 Å². The van der Waals surface area contributed by atoms with Crippen molar-refractivity contribution in [2.75, 3.05) is 0 Å². The number of hydrogen-bond acceptors (Lipinski definition) is 4. The fourth-order valence-electron chi connectivity index (χ4n) is 1.60. The van der Waals surface area contributed by atoms with Gasteiger partial charge in [-0.1, -0.05) is 56.7 Å². The van der Waals surface area contributed by atoms with E-state index in [0.29, 0.717) is 18.1 Å². The van der Waals surface area contributed by atoms with E-state index in [1.807, 2.05) is 0 Å². The van der Waals surface area contributed by atoms with Crippen LogP contribution in [0.1, 0.15) is 71.6 Å². The predicted octanol–water partition coefficient (Wildman–Crippen LogP) is 5.01. The van der Waals surface area contributed by atoms with Gasteiger partial charge in [-0.05, 0) is 23.6 Å². The largest absolute Gasteiger partial charge is 0.303 e. The number of rotatable bonds is 12. The van der Waals surface area contributed by atoms with Gasteiger partial charge in [-0.25, -0.2) is 0 Å². The van der Waals surface area contributed by atoms with Crippen LogP contribution in [-0.2, 0) is 9.59 Å². The number of carbonyl (C=O) groups excluding carboxylic acids is 2. The van der Waals surface area contributed by atoms with Gasteiger partial charge in [0.05, 0.1) is 0 Å². The lowest BCUT2D eigenvalue weighted by molar-refractivity contribution is -0.111. The van der Waals surface area contributed by atoms with Crippen LogP contribution < -0.4 is 0 Å². The first kappa shape index (κ1) is 18.0. The molecule has 18 heavy (non-hydrogen) atoms. The van der Waals surface area contributed by atoms with Gasteiger partial charge in [0.1, 0.15) is 6.29 Å². The molecule has 0 aliphatic heterocycles. The molecule has 0 bridgehead atoms. The topological polar surface area (TPSA) is 34.1 Å². The average Bonchev–Trinajstić information content (AvgIpc) is 2.38. The highest BCUT2D eigenvalue weighted by atomic mass is 33.1. The van der Waals surface area contributed by atoms with E-state index in [4.69, 9.17) is 0 Å². The van der Waals surface area contributed by atoms with Crippen LogP contribution in [0.4, 0.5) is 0 Å². The molecule has 1 atom stereocenters. The van der Waals surface area contributed by atoms with Crippen molar-refractivity contribution in [1.82, 2.24) is 0 Å². The Morgan fingerprint density at radius 3 is 2.44 bits per heavy atom. The summed E-state index contributed by atoms with van der Waals surface area (Å²) < 4.78 is 0. The first-order valence-corrected chi connectivity index (χ1v) is 9.25. The van der Waals surface area contributed by atoms with Gasteiger partial charge in [0.15, 0.2) is 5.12 Å². The zero-order valence-corrected chi connectivity index (χ0v) is 13.3. The first-order chi connectivity index (χ1) is 8.74. The third-order valence-corrected chi connectivity index (χ3v) is 5.60. The van der Waals surface area contributed by atoms with E-state index < -0.39 is 0 Å². The van der Waals surface area contributed by atoms with Crippen molar-refractivity contribution in [3.05, 3.63) is 0 Å². The minimum atomic E-state index is 0.267. The summed E-state index contributed by atoms with van der Waals surface area (Å²) in [6.07, 6.45) is 10.1. The standard InChI is InChI=1S/C14H26O2S2/c1-3-5-7-8-10-14(16)18-17-13(11-12-15)9-6-4-2/h12-13H,3-11H2,1-2H3. The highest BCUT2D eigenvalue weighted by Crippen LogP contribution is 2.33. The molecule has 0 fully saturated rings. The number of carbonyl (C=O) groups is 2. The molecule has 106 valence electrons. The quantitative estimate of drug-likeness (QED) is 0.287. The van der Waals surface area contributed by atoms with Gasteiger partial charge < -0.3 is 4.79 Å². The van der Waals surface area contributed by atoms with Gasteiger partial charge in [-0.15, -0.1) is 0 Å². The second kappa shape index (κ2) is 13.5. The van der Waals surface area contributed by atoms with Crippen molar-refractivity contribution < 1.29 is 9.59 Å². The maximum Gasteiger partial charge on any atom is 0.199 e. The summed E-state index contributed by atoms with van der Waals surface area (Å²) in [6, 6.07) is 0. The van der Waals surface area contributed by atoms with Crippen molar-refractivity contribution >= 4 is 33.0 Å². The normalized spacial score (nSPS) is 12.3. The predicted molar refractivity (Wildman–Crippen MR) is 82.9 cm³/mol. The van der Waals surface area contributed by atoms with Gasteiger partial charge in [-0.3, -0.25) is 4.79 Å². The zero-order valence-electron chi connectivity index (χ0n) is 11.7. The molecule has 2 nitrogen and oxygen atoms in total. The summed E-state index contributed by atoms with van der Waals surface area (Å²) in [5.74, 6) is 0. The van der Waals surface area contributed by atoms with Crippen molar-refractivity contribution in [3.8, 4) is 0 Å². The minimum absolute atomic E-state index is 0.267. The Bertz CT molecular complexity index is 220. The van der Waals surface area contributed by atoms with E-state index in [2.05, 4.69) is 13.8 Å². The number of hydrogen-bond donors (Lipinski definition) is 0. The lowest BCUT2D eigenvalue weighted by Crippen LogP contribution is -2.03.